The molecule has 56 heavy (non-hydrogen) atoms. The van der Waals surface area contributed by atoms with Gasteiger partial charge in [0.05, 0.1) is 12.2 Å². The largest absolute Gasteiger partial charge is 0.343 e. The number of hydrogen-bond donors (Lipinski definition) is 3. The summed E-state index contributed by atoms with van der Waals surface area (Å²) >= 11 is 0. The zero-order chi connectivity index (χ0) is 41.6. The number of nitrogens with zero attached hydrogens (tertiary/aromatic N) is 4. The summed E-state index contributed by atoms with van der Waals surface area (Å²) in [5.74, 6) is -3.21. The first-order valence-electron chi connectivity index (χ1n) is 20.4. The summed E-state index contributed by atoms with van der Waals surface area (Å²) in [6, 6.07) is 6.01. The van der Waals surface area contributed by atoms with Gasteiger partial charge in [-0.3, -0.25) is 33.8 Å². The van der Waals surface area contributed by atoms with E-state index in [1.807, 2.05) is 51.1 Å². The van der Waals surface area contributed by atoms with Gasteiger partial charge < -0.3 is 25.8 Å². The fraction of sp³-hybridized carbons (Fsp3) is 0.628. The van der Waals surface area contributed by atoms with E-state index in [1.165, 1.54) is 34.8 Å². The van der Waals surface area contributed by atoms with E-state index in [9.17, 15) is 28.8 Å². The van der Waals surface area contributed by atoms with Gasteiger partial charge in [-0.15, -0.1) is 0 Å². The van der Waals surface area contributed by atoms with E-state index in [0.29, 0.717) is 19.3 Å². The molecule has 0 spiro atoms. The van der Waals surface area contributed by atoms with Crippen molar-refractivity contribution in [2.75, 3.05) is 13.1 Å². The van der Waals surface area contributed by atoms with E-state index in [0.717, 1.165) is 37.7 Å². The molecule has 13 nitrogen and oxygen atoms in total. The lowest BCUT2D eigenvalue weighted by Crippen LogP contribution is -2.63. The Morgan fingerprint density at radius 2 is 1.50 bits per heavy atom. The SMILES string of the molecule is CCC.CCN(C(=O)C1CCCN1C(=O)C(NC(=O)C(CC1CCCCC1)NC(=O)c1cnccn1)C(C)(C)C)C(C)(C)C(=O)C(=O)N[C@@H](C)c1ccccc1. The number of carbonyl (C=O) groups excluding carboxylic acids is 6. The normalized spacial score (nSPS) is 17.7. The summed E-state index contributed by atoms with van der Waals surface area (Å²) in [4.78, 5) is 93.8. The molecule has 2 aromatic rings. The number of aromatic nitrogens is 2. The maximum Gasteiger partial charge on any atom is 0.290 e. The number of benzene rings is 1. The van der Waals surface area contributed by atoms with Gasteiger partial charge >= 0.3 is 0 Å². The summed E-state index contributed by atoms with van der Waals surface area (Å²) in [6.45, 7) is 16.8. The number of nitrogens with one attached hydrogen (secondary N) is 3. The van der Waals surface area contributed by atoms with Crippen LogP contribution in [0.4, 0.5) is 0 Å². The number of ketones is 1. The molecule has 13 heteroatoms. The number of hydrogen-bond acceptors (Lipinski definition) is 8. The van der Waals surface area contributed by atoms with Crippen LogP contribution in [0, 0.1) is 11.3 Å². The Labute approximate surface area is 333 Å². The van der Waals surface area contributed by atoms with E-state index in [2.05, 4.69) is 39.8 Å². The first-order valence-corrected chi connectivity index (χ1v) is 20.4. The van der Waals surface area contributed by atoms with Gasteiger partial charge in [0.25, 0.3) is 11.8 Å². The highest BCUT2D eigenvalue weighted by Gasteiger charge is 2.48. The summed E-state index contributed by atoms with van der Waals surface area (Å²) in [5.41, 5.74) is -1.35. The van der Waals surface area contributed by atoms with Crippen LogP contribution in [-0.2, 0) is 24.0 Å². The van der Waals surface area contributed by atoms with E-state index in [1.54, 1.807) is 27.7 Å². The van der Waals surface area contributed by atoms with Crippen LogP contribution in [0.25, 0.3) is 0 Å². The third-order valence-electron chi connectivity index (χ3n) is 10.6. The van der Waals surface area contributed by atoms with E-state index in [-0.39, 0.29) is 24.7 Å². The standard InChI is InChI=1S/C40H57N7O6.C3H8/c1-8-47(40(6,7)33(48)36(51)43-26(2)28-18-13-10-14-19-28)37(52)31-20-15-23-46(31)38(53)32(39(3,4)5)45-34(49)29(24-27-16-11-9-12-17-27)44-35(50)30-25-41-21-22-42-30;1-3-2/h10,13-14,18-19,21-22,25-27,29,31-32H,8-9,11-12,15-17,20,23-24H2,1-7H3,(H,43,51)(H,44,50)(H,45,49);3H2,1-2H3/t26-,29?,31?,32?;/m0./s1. The van der Waals surface area contributed by atoms with Crippen molar-refractivity contribution in [1.82, 2.24) is 35.7 Å². The van der Waals surface area contributed by atoms with Crippen molar-refractivity contribution in [3.8, 4) is 0 Å². The topological polar surface area (TPSA) is 171 Å². The predicted octanol–water partition coefficient (Wildman–Crippen LogP) is 5.56. The highest BCUT2D eigenvalue weighted by Crippen LogP contribution is 2.30. The fourth-order valence-electron chi connectivity index (χ4n) is 7.47. The van der Waals surface area contributed by atoms with Gasteiger partial charge in [0.15, 0.2) is 0 Å². The van der Waals surface area contributed by atoms with Crippen LogP contribution in [0.5, 0.6) is 0 Å². The molecule has 2 fully saturated rings. The van der Waals surface area contributed by atoms with E-state index in [4.69, 9.17) is 0 Å². The van der Waals surface area contributed by atoms with Gasteiger partial charge in [-0.1, -0.05) is 103 Å². The Hall–Kier alpha value is -4.68. The van der Waals surface area contributed by atoms with E-state index >= 15 is 0 Å². The van der Waals surface area contributed by atoms with Crippen LogP contribution in [0.15, 0.2) is 48.9 Å². The molecule has 5 amide bonds. The number of rotatable bonds is 14. The number of amides is 5. The maximum absolute atomic E-state index is 14.5. The lowest BCUT2D eigenvalue weighted by atomic mass is 9.83. The van der Waals surface area contributed by atoms with Crippen molar-refractivity contribution in [3.63, 3.8) is 0 Å². The Morgan fingerprint density at radius 3 is 2.07 bits per heavy atom. The van der Waals surface area contributed by atoms with Crippen molar-refractivity contribution in [3.05, 3.63) is 60.2 Å². The van der Waals surface area contributed by atoms with Gasteiger partial charge in [0.2, 0.25) is 23.5 Å². The van der Waals surface area contributed by atoms with Gasteiger partial charge in [-0.25, -0.2) is 4.98 Å². The zero-order valence-electron chi connectivity index (χ0n) is 35.0. The molecule has 2 heterocycles. The molecule has 2 aliphatic rings. The number of likely N-dealkylation sites (N-methyl/N-ethyl adjacent to an activating group) is 1. The molecule has 1 saturated heterocycles. The molecule has 3 N–H and O–H groups in total. The molecule has 3 unspecified atom stereocenters. The second kappa shape index (κ2) is 21.0. The monoisotopic (exact) mass is 775 g/mol. The molecule has 308 valence electrons. The Bertz CT molecular complexity index is 1620. The maximum atomic E-state index is 14.5. The molecule has 0 bridgehead atoms. The second-order valence-electron chi connectivity index (χ2n) is 16.6. The minimum atomic E-state index is -1.51. The summed E-state index contributed by atoms with van der Waals surface area (Å²) < 4.78 is 0. The van der Waals surface area contributed by atoms with Gasteiger partial charge in [-0.05, 0) is 63.9 Å². The average Bonchev–Trinajstić information content (AvgIpc) is 3.67. The van der Waals surface area contributed by atoms with E-state index < -0.39 is 70.4 Å². The minimum Gasteiger partial charge on any atom is -0.343 e. The van der Waals surface area contributed by atoms with Crippen LogP contribution in [0.2, 0.25) is 0 Å². The highest BCUT2D eigenvalue weighted by molar-refractivity contribution is 6.39. The van der Waals surface area contributed by atoms with Crippen molar-refractivity contribution in [2.45, 2.75) is 150 Å². The summed E-state index contributed by atoms with van der Waals surface area (Å²) in [5, 5.41) is 8.57. The average molecular weight is 776 g/mol. The minimum absolute atomic E-state index is 0.0842. The quantitative estimate of drug-likeness (QED) is 0.210. The first kappa shape index (κ1) is 45.7. The van der Waals surface area contributed by atoms with Gasteiger partial charge in [-0.2, -0.15) is 0 Å². The first-order chi connectivity index (χ1) is 26.5. The van der Waals surface area contributed by atoms with Crippen LogP contribution in [0.3, 0.4) is 0 Å². The molecule has 1 aliphatic carbocycles. The Morgan fingerprint density at radius 1 is 0.857 bits per heavy atom. The summed E-state index contributed by atoms with van der Waals surface area (Å²) in [7, 11) is 0. The second-order valence-corrected chi connectivity index (χ2v) is 16.6. The third-order valence-corrected chi connectivity index (χ3v) is 10.6. The lowest BCUT2D eigenvalue weighted by Gasteiger charge is -2.41. The van der Waals surface area contributed by atoms with Crippen LogP contribution >= 0.6 is 0 Å². The van der Waals surface area contributed by atoms with Crippen molar-refractivity contribution < 1.29 is 28.8 Å². The molecular weight excluding hydrogens is 711 g/mol. The van der Waals surface area contributed by atoms with Crippen molar-refractivity contribution >= 4 is 35.3 Å². The Kier molecular flexibility index (Phi) is 17.2. The molecule has 1 aromatic carbocycles. The number of likely N-dealkylation sites (tertiary alicyclic amines) is 1. The van der Waals surface area contributed by atoms with Gasteiger partial charge in [0, 0.05) is 25.5 Å². The lowest BCUT2D eigenvalue weighted by molar-refractivity contribution is -0.155. The summed E-state index contributed by atoms with van der Waals surface area (Å²) in [6.07, 6.45) is 11.9. The zero-order valence-corrected chi connectivity index (χ0v) is 35.0. The molecule has 1 saturated carbocycles. The van der Waals surface area contributed by atoms with Crippen molar-refractivity contribution in [1.29, 1.82) is 0 Å². The molecule has 4 rings (SSSR count). The highest BCUT2D eigenvalue weighted by atomic mass is 16.2. The van der Waals surface area contributed by atoms with Crippen LogP contribution < -0.4 is 16.0 Å². The number of carbonyl (C=O) groups is 6. The molecule has 1 aromatic heterocycles. The third kappa shape index (κ3) is 12.2. The number of Topliss-reactive ketones (excluding diaryl/α,β-unsaturated/α-hetero) is 1. The fourth-order valence-corrected chi connectivity index (χ4v) is 7.47. The predicted molar refractivity (Wildman–Crippen MR) is 216 cm³/mol. The van der Waals surface area contributed by atoms with Crippen LogP contribution in [-0.4, -0.2) is 91.8 Å². The van der Waals surface area contributed by atoms with Gasteiger partial charge in [0.1, 0.15) is 29.4 Å². The smallest absolute Gasteiger partial charge is 0.290 e. The molecular formula is C43H65N7O6. The molecule has 0 radical (unpaired) electrons. The Balaban J connectivity index is 0.00000271. The van der Waals surface area contributed by atoms with Crippen molar-refractivity contribution in [2.24, 2.45) is 11.3 Å². The molecule has 4 atom stereocenters. The molecule has 1 aliphatic heterocycles. The van der Waals surface area contributed by atoms with Crippen LogP contribution in [0.1, 0.15) is 142 Å².